The summed E-state index contributed by atoms with van der Waals surface area (Å²) >= 11 is 1.68. The Balaban J connectivity index is 1.63. The van der Waals surface area contributed by atoms with Crippen molar-refractivity contribution in [2.45, 2.75) is 38.3 Å². The van der Waals surface area contributed by atoms with Gasteiger partial charge in [0.25, 0.3) is 0 Å². The monoisotopic (exact) mass is 276 g/mol. The van der Waals surface area contributed by atoms with Crippen molar-refractivity contribution in [1.82, 2.24) is 10.3 Å². The summed E-state index contributed by atoms with van der Waals surface area (Å²) in [7, 11) is 0. The fourth-order valence-corrected chi connectivity index (χ4v) is 3.38. The Labute approximate surface area is 116 Å². The third kappa shape index (κ3) is 3.19. The Kier molecular flexibility index (Phi) is 3.89. The van der Waals surface area contributed by atoms with E-state index in [2.05, 4.69) is 10.3 Å². The maximum absolute atomic E-state index is 12.9. The largest absolute Gasteiger partial charge is 0.308 e. The van der Waals surface area contributed by atoms with Crippen LogP contribution >= 0.6 is 11.3 Å². The second-order valence-corrected chi connectivity index (χ2v) is 6.10. The van der Waals surface area contributed by atoms with Crippen LogP contribution in [0.5, 0.6) is 0 Å². The van der Waals surface area contributed by atoms with Crippen LogP contribution in [0.4, 0.5) is 4.39 Å². The van der Waals surface area contributed by atoms with Crippen LogP contribution in [0.1, 0.15) is 30.7 Å². The minimum atomic E-state index is -0.198. The van der Waals surface area contributed by atoms with E-state index < -0.39 is 0 Å². The maximum Gasteiger partial charge on any atom is 0.123 e. The maximum atomic E-state index is 12.9. The Morgan fingerprint density at radius 2 is 1.95 bits per heavy atom. The Morgan fingerprint density at radius 1 is 1.21 bits per heavy atom. The Hall–Kier alpha value is -1.26. The third-order valence-electron chi connectivity index (χ3n) is 3.58. The summed E-state index contributed by atoms with van der Waals surface area (Å²) in [6.07, 6.45) is 7.14. The van der Waals surface area contributed by atoms with E-state index in [0.29, 0.717) is 6.04 Å². The van der Waals surface area contributed by atoms with Crippen LogP contribution in [0.2, 0.25) is 0 Å². The van der Waals surface area contributed by atoms with Crippen molar-refractivity contribution < 1.29 is 4.39 Å². The van der Waals surface area contributed by atoms with Gasteiger partial charge >= 0.3 is 0 Å². The van der Waals surface area contributed by atoms with Crippen molar-refractivity contribution in [3.63, 3.8) is 0 Å². The lowest BCUT2D eigenvalue weighted by Crippen LogP contribution is -2.25. The molecule has 100 valence electrons. The van der Waals surface area contributed by atoms with Gasteiger partial charge in [0.2, 0.25) is 0 Å². The highest BCUT2D eigenvalue weighted by molar-refractivity contribution is 7.15. The molecule has 0 unspecified atom stereocenters. The molecule has 0 amide bonds. The van der Waals surface area contributed by atoms with Gasteiger partial charge in [0.15, 0.2) is 0 Å². The number of rotatable bonds is 4. The van der Waals surface area contributed by atoms with Crippen LogP contribution in [0.15, 0.2) is 30.5 Å². The second-order valence-electron chi connectivity index (χ2n) is 4.99. The normalized spacial score (nSPS) is 16.1. The number of nitrogens with zero attached hydrogens (tertiary/aromatic N) is 1. The number of hydrogen-bond acceptors (Lipinski definition) is 3. The third-order valence-corrected chi connectivity index (χ3v) is 4.63. The first kappa shape index (κ1) is 12.8. The summed E-state index contributed by atoms with van der Waals surface area (Å²) in [5.41, 5.74) is 1.03. The first-order valence-corrected chi connectivity index (χ1v) is 7.57. The van der Waals surface area contributed by atoms with Gasteiger partial charge in [-0.15, -0.1) is 11.3 Å². The van der Waals surface area contributed by atoms with Crippen LogP contribution in [-0.2, 0) is 6.54 Å². The van der Waals surface area contributed by atoms with E-state index in [1.165, 1.54) is 37.8 Å². The van der Waals surface area contributed by atoms with Gasteiger partial charge in [-0.3, -0.25) is 0 Å². The van der Waals surface area contributed by atoms with E-state index >= 15 is 0 Å². The molecule has 1 fully saturated rings. The summed E-state index contributed by atoms with van der Waals surface area (Å²) in [6.45, 7) is 0.844. The van der Waals surface area contributed by atoms with Crippen LogP contribution in [0.3, 0.4) is 0 Å². The highest BCUT2D eigenvalue weighted by atomic mass is 32.1. The van der Waals surface area contributed by atoms with Crippen LogP contribution in [0, 0.1) is 5.82 Å². The smallest absolute Gasteiger partial charge is 0.123 e. The van der Waals surface area contributed by atoms with Crippen LogP contribution < -0.4 is 5.32 Å². The van der Waals surface area contributed by atoms with Crippen molar-refractivity contribution >= 4 is 11.3 Å². The fraction of sp³-hybridized carbons (Fsp3) is 0.400. The van der Waals surface area contributed by atoms with E-state index in [4.69, 9.17) is 0 Å². The minimum absolute atomic E-state index is 0.198. The van der Waals surface area contributed by atoms with Crippen molar-refractivity contribution in [3.05, 3.63) is 41.3 Å². The molecular weight excluding hydrogens is 259 g/mol. The van der Waals surface area contributed by atoms with Crippen LogP contribution in [0.25, 0.3) is 10.4 Å². The van der Waals surface area contributed by atoms with Gasteiger partial charge in [0.1, 0.15) is 10.8 Å². The van der Waals surface area contributed by atoms with Crippen molar-refractivity contribution in [1.29, 1.82) is 0 Å². The molecule has 1 N–H and O–H groups in total. The average Bonchev–Trinajstić information content (AvgIpc) is 3.09. The molecule has 2 aromatic rings. The number of thiazole rings is 1. The summed E-state index contributed by atoms with van der Waals surface area (Å²) in [5, 5.41) is 4.66. The molecular formula is C15H17FN2S. The highest BCUT2D eigenvalue weighted by Gasteiger charge is 2.14. The standard InChI is InChI=1S/C15H17FN2S/c16-12-7-5-11(6-8-12)14-9-18-15(19-14)10-17-13-3-1-2-4-13/h5-9,13,17H,1-4,10H2. The van der Waals surface area contributed by atoms with Gasteiger partial charge in [0.05, 0.1) is 4.88 Å². The summed E-state index contributed by atoms with van der Waals surface area (Å²) in [5.74, 6) is -0.198. The molecule has 3 rings (SSSR count). The van der Waals surface area contributed by atoms with E-state index in [9.17, 15) is 4.39 Å². The SMILES string of the molecule is Fc1ccc(-c2cnc(CNC3CCCC3)s2)cc1. The first-order valence-electron chi connectivity index (χ1n) is 6.75. The van der Waals surface area contributed by atoms with Crippen molar-refractivity contribution in [2.24, 2.45) is 0 Å². The molecule has 1 aliphatic carbocycles. The molecule has 0 saturated heterocycles. The molecule has 0 radical (unpaired) electrons. The predicted molar refractivity (Wildman–Crippen MR) is 76.6 cm³/mol. The lowest BCUT2D eigenvalue weighted by molar-refractivity contribution is 0.523. The number of nitrogens with one attached hydrogen (secondary N) is 1. The molecule has 0 spiro atoms. The van der Waals surface area contributed by atoms with Gasteiger partial charge in [0, 0.05) is 18.8 Å². The molecule has 4 heteroatoms. The zero-order chi connectivity index (χ0) is 13.1. The minimum Gasteiger partial charge on any atom is -0.308 e. The van der Waals surface area contributed by atoms with Crippen molar-refractivity contribution in [2.75, 3.05) is 0 Å². The zero-order valence-electron chi connectivity index (χ0n) is 10.7. The lowest BCUT2D eigenvalue weighted by Gasteiger charge is -2.09. The van der Waals surface area contributed by atoms with Gasteiger partial charge in [-0.05, 0) is 30.5 Å². The zero-order valence-corrected chi connectivity index (χ0v) is 11.5. The number of aromatic nitrogens is 1. The number of hydrogen-bond donors (Lipinski definition) is 1. The summed E-state index contributed by atoms with van der Waals surface area (Å²) < 4.78 is 12.9. The van der Waals surface area contributed by atoms with Gasteiger partial charge in [-0.25, -0.2) is 9.37 Å². The molecule has 1 aromatic heterocycles. The fourth-order valence-electron chi connectivity index (χ4n) is 2.50. The number of benzene rings is 1. The summed E-state index contributed by atoms with van der Waals surface area (Å²) in [6, 6.07) is 7.25. The molecule has 1 saturated carbocycles. The van der Waals surface area contributed by atoms with Gasteiger partial charge in [-0.2, -0.15) is 0 Å². The molecule has 0 bridgehead atoms. The molecule has 1 aromatic carbocycles. The molecule has 1 heterocycles. The van der Waals surface area contributed by atoms with E-state index in [1.807, 2.05) is 6.20 Å². The Morgan fingerprint density at radius 3 is 2.68 bits per heavy atom. The Bertz CT molecular complexity index is 529. The summed E-state index contributed by atoms with van der Waals surface area (Å²) in [4.78, 5) is 5.54. The van der Waals surface area contributed by atoms with Crippen LogP contribution in [-0.4, -0.2) is 11.0 Å². The molecule has 0 aliphatic heterocycles. The van der Waals surface area contributed by atoms with E-state index in [0.717, 1.165) is 22.0 Å². The molecule has 2 nitrogen and oxygen atoms in total. The van der Waals surface area contributed by atoms with Gasteiger partial charge < -0.3 is 5.32 Å². The first-order chi connectivity index (χ1) is 9.31. The predicted octanol–water partition coefficient (Wildman–Crippen LogP) is 3.98. The quantitative estimate of drug-likeness (QED) is 0.913. The molecule has 19 heavy (non-hydrogen) atoms. The molecule has 0 atom stereocenters. The second kappa shape index (κ2) is 5.80. The number of halogens is 1. The van der Waals surface area contributed by atoms with E-state index in [-0.39, 0.29) is 5.82 Å². The van der Waals surface area contributed by atoms with Crippen molar-refractivity contribution in [3.8, 4) is 10.4 Å². The lowest BCUT2D eigenvalue weighted by atomic mass is 10.2. The highest BCUT2D eigenvalue weighted by Crippen LogP contribution is 2.26. The molecule has 1 aliphatic rings. The average molecular weight is 276 g/mol. The topological polar surface area (TPSA) is 24.9 Å². The van der Waals surface area contributed by atoms with Gasteiger partial charge in [-0.1, -0.05) is 25.0 Å². The van der Waals surface area contributed by atoms with E-state index in [1.54, 1.807) is 23.5 Å².